The molecule has 0 spiro atoms. The van der Waals surface area contributed by atoms with E-state index in [2.05, 4.69) is 83.1 Å². The molecule has 0 aromatic heterocycles. The maximum absolute atomic E-state index is 7.22. The van der Waals surface area contributed by atoms with E-state index in [1.54, 1.807) is 0 Å². The van der Waals surface area contributed by atoms with Gasteiger partial charge in [0.2, 0.25) is 0 Å². The summed E-state index contributed by atoms with van der Waals surface area (Å²) in [5.41, 5.74) is 0. The Balaban J connectivity index is 6.56. The molecule has 0 saturated carbocycles. The molecular weight excluding hydrogens is 320 g/mol. The fourth-order valence-electron chi connectivity index (χ4n) is 4.37. The van der Waals surface area contributed by atoms with Crippen LogP contribution in [0.25, 0.3) is 0 Å². The first-order chi connectivity index (χ1) is 9.83. The Kier molecular flexibility index (Phi) is 6.65. The summed E-state index contributed by atoms with van der Waals surface area (Å²) in [6.45, 7) is 26.9. The SMILES string of the molecule is CO[Si](O[Si](OC)(C(C)(C)C)C(C)(C)C)(C(C)(C)C)C(C)(C)C. The highest BCUT2D eigenvalue weighted by molar-refractivity contribution is 6.86. The molecule has 0 aliphatic rings. The Hall–Kier alpha value is 0.314. The van der Waals surface area contributed by atoms with Crippen LogP contribution in [0.15, 0.2) is 0 Å². The van der Waals surface area contributed by atoms with Crippen molar-refractivity contribution in [3.63, 3.8) is 0 Å². The summed E-state index contributed by atoms with van der Waals surface area (Å²) in [6.07, 6.45) is 0. The number of rotatable bonds is 4. The van der Waals surface area contributed by atoms with Crippen LogP contribution < -0.4 is 0 Å². The van der Waals surface area contributed by atoms with Crippen molar-refractivity contribution in [2.75, 3.05) is 14.2 Å². The van der Waals surface area contributed by atoms with E-state index in [9.17, 15) is 0 Å². The lowest BCUT2D eigenvalue weighted by atomic mass is 10.2. The van der Waals surface area contributed by atoms with E-state index in [1.165, 1.54) is 0 Å². The average Bonchev–Trinajstić information content (AvgIpc) is 2.23. The van der Waals surface area contributed by atoms with Crippen LogP contribution in [0.4, 0.5) is 0 Å². The Morgan fingerprint density at radius 2 is 0.609 bits per heavy atom. The monoisotopic (exact) mass is 362 g/mol. The molecule has 0 bridgehead atoms. The summed E-state index contributed by atoms with van der Waals surface area (Å²) in [5, 5.41) is -0.249. The smallest absolute Gasteiger partial charge is 0.340 e. The van der Waals surface area contributed by atoms with Crippen LogP contribution >= 0.6 is 0 Å². The van der Waals surface area contributed by atoms with Crippen molar-refractivity contribution in [1.29, 1.82) is 0 Å². The summed E-state index contributed by atoms with van der Waals surface area (Å²) in [4.78, 5) is 0. The molecule has 0 atom stereocenters. The van der Waals surface area contributed by atoms with Gasteiger partial charge in [0, 0.05) is 34.4 Å². The first kappa shape index (κ1) is 23.3. The highest BCUT2D eigenvalue weighted by Gasteiger charge is 2.67. The van der Waals surface area contributed by atoms with Gasteiger partial charge in [0.25, 0.3) is 0 Å². The second-order valence-electron chi connectivity index (χ2n) is 10.7. The van der Waals surface area contributed by atoms with Crippen LogP contribution in [0.2, 0.25) is 20.2 Å². The molecule has 0 radical (unpaired) electrons. The molecular formula is C18H42O3Si2. The number of hydrogen-bond donors (Lipinski definition) is 0. The highest BCUT2D eigenvalue weighted by Crippen LogP contribution is 2.59. The Morgan fingerprint density at radius 3 is 0.696 bits per heavy atom. The van der Waals surface area contributed by atoms with Gasteiger partial charge in [0.05, 0.1) is 0 Å². The molecule has 0 aliphatic heterocycles. The zero-order valence-electron chi connectivity index (χ0n) is 18.2. The summed E-state index contributed by atoms with van der Waals surface area (Å²) in [6, 6.07) is 0. The standard InChI is InChI=1S/C18H42O3Si2/c1-15(2,3)22(19-13,16(4,5)6)21-23(20-14,17(7,8)9)18(10,11)12/h1-14H3. The van der Waals surface area contributed by atoms with E-state index in [4.69, 9.17) is 13.0 Å². The van der Waals surface area contributed by atoms with E-state index in [0.29, 0.717) is 0 Å². The van der Waals surface area contributed by atoms with Crippen LogP contribution in [0.3, 0.4) is 0 Å². The zero-order valence-corrected chi connectivity index (χ0v) is 20.2. The zero-order chi connectivity index (χ0) is 19.1. The van der Waals surface area contributed by atoms with Crippen molar-refractivity contribution < 1.29 is 13.0 Å². The van der Waals surface area contributed by atoms with Crippen molar-refractivity contribution in [2.24, 2.45) is 0 Å². The Morgan fingerprint density at radius 1 is 0.435 bits per heavy atom. The summed E-state index contributed by atoms with van der Waals surface area (Å²) in [5.74, 6) is 0. The second-order valence-corrected chi connectivity index (χ2v) is 20.8. The average molecular weight is 363 g/mol. The first-order valence-corrected chi connectivity index (χ1v) is 12.3. The summed E-state index contributed by atoms with van der Waals surface area (Å²) in [7, 11) is -1.58. The molecule has 0 rings (SSSR count). The topological polar surface area (TPSA) is 27.7 Å². The third kappa shape index (κ3) is 3.94. The summed E-state index contributed by atoms with van der Waals surface area (Å²) >= 11 is 0. The van der Waals surface area contributed by atoms with Gasteiger partial charge in [0.15, 0.2) is 0 Å². The highest BCUT2D eigenvalue weighted by atomic mass is 28.5. The van der Waals surface area contributed by atoms with E-state index < -0.39 is 17.1 Å². The minimum absolute atomic E-state index is 0.0622. The molecule has 140 valence electrons. The minimum Gasteiger partial charge on any atom is -0.413 e. The Bertz CT molecular complexity index is 326. The summed E-state index contributed by atoms with van der Waals surface area (Å²) < 4.78 is 19.8. The van der Waals surface area contributed by atoms with Gasteiger partial charge in [-0.1, -0.05) is 83.1 Å². The third-order valence-electron chi connectivity index (χ3n) is 4.81. The van der Waals surface area contributed by atoms with Gasteiger partial charge in [-0.2, -0.15) is 0 Å². The molecule has 0 amide bonds. The van der Waals surface area contributed by atoms with Crippen LogP contribution in [0.5, 0.6) is 0 Å². The molecule has 0 aromatic rings. The predicted octanol–water partition coefficient (Wildman–Crippen LogP) is 6.38. The number of hydrogen-bond acceptors (Lipinski definition) is 3. The normalized spacial score (nSPS) is 15.9. The van der Waals surface area contributed by atoms with Crippen LogP contribution in [-0.2, 0) is 13.0 Å². The van der Waals surface area contributed by atoms with Crippen molar-refractivity contribution >= 4 is 17.1 Å². The maximum atomic E-state index is 7.22. The second kappa shape index (κ2) is 6.56. The molecule has 0 heterocycles. The minimum atomic E-state index is -2.61. The van der Waals surface area contributed by atoms with E-state index >= 15 is 0 Å². The molecule has 5 heteroatoms. The molecule has 3 nitrogen and oxygen atoms in total. The van der Waals surface area contributed by atoms with Crippen LogP contribution in [0.1, 0.15) is 83.1 Å². The predicted molar refractivity (Wildman–Crippen MR) is 105 cm³/mol. The van der Waals surface area contributed by atoms with Crippen LogP contribution in [-0.4, -0.2) is 31.3 Å². The van der Waals surface area contributed by atoms with E-state index in [1.807, 2.05) is 14.2 Å². The lowest BCUT2D eigenvalue weighted by molar-refractivity contribution is 0.159. The maximum Gasteiger partial charge on any atom is 0.340 e. The Labute approximate surface area is 148 Å². The molecule has 0 aliphatic carbocycles. The third-order valence-corrected chi connectivity index (χ3v) is 16.2. The fourth-order valence-corrected chi connectivity index (χ4v) is 18.5. The quantitative estimate of drug-likeness (QED) is 0.543. The molecule has 0 saturated heterocycles. The van der Waals surface area contributed by atoms with Gasteiger partial charge in [-0.3, -0.25) is 0 Å². The van der Waals surface area contributed by atoms with Crippen molar-refractivity contribution in [1.82, 2.24) is 0 Å². The van der Waals surface area contributed by atoms with Gasteiger partial charge in [0.1, 0.15) is 0 Å². The first-order valence-electron chi connectivity index (χ1n) is 8.63. The molecule has 0 aromatic carbocycles. The van der Waals surface area contributed by atoms with Crippen LogP contribution in [0, 0.1) is 0 Å². The van der Waals surface area contributed by atoms with E-state index in [-0.39, 0.29) is 20.2 Å². The lowest BCUT2D eigenvalue weighted by Gasteiger charge is -2.58. The largest absolute Gasteiger partial charge is 0.413 e. The molecule has 0 fully saturated rings. The van der Waals surface area contributed by atoms with Crippen molar-refractivity contribution in [3.05, 3.63) is 0 Å². The van der Waals surface area contributed by atoms with Gasteiger partial charge in [-0.05, 0) is 0 Å². The van der Waals surface area contributed by atoms with Gasteiger partial charge >= 0.3 is 17.1 Å². The van der Waals surface area contributed by atoms with Crippen molar-refractivity contribution in [3.8, 4) is 0 Å². The lowest BCUT2D eigenvalue weighted by Crippen LogP contribution is -2.68. The molecule has 0 N–H and O–H groups in total. The van der Waals surface area contributed by atoms with Gasteiger partial charge in [-0.25, -0.2) is 0 Å². The van der Waals surface area contributed by atoms with Gasteiger partial charge < -0.3 is 13.0 Å². The van der Waals surface area contributed by atoms with Gasteiger partial charge in [-0.15, -0.1) is 0 Å². The fraction of sp³-hybridized carbons (Fsp3) is 1.00. The van der Waals surface area contributed by atoms with E-state index in [0.717, 1.165) is 0 Å². The molecule has 23 heavy (non-hydrogen) atoms. The molecule has 0 unspecified atom stereocenters. The van der Waals surface area contributed by atoms with Crippen molar-refractivity contribution in [2.45, 2.75) is 103 Å².